The van der Waals surface area contributed by atoms with Crippen molar-refractivity contribution in [3.8, 4) is 0 Å². The summed E-state index contributed by atoms with van der Waals surface area (Å²) in [4.78, 5) is 0. The van der Waals surface area contributed by atoms with Crippen LogP contribution >= 0.6 is 24.8 Å². The third-order valence-corrected chi connectivity index (χ3v) is 5.48. The molecule has 0 N–H and O–H groups in total. The monoisotopic (exact) mass is 257 g/mol. The Bertz CT molecular complexity index is 139. The Morgan fingerprint density at radius 3 is 2.10 bits per heavy atom. The zero-order valence-electron chi connectivity index (χ0n) is 6.26. The summed E-state index contributed by atoms with van der Waals surface area (Å²) in [5.74, 6) is 0. The van der Waals surface area contributed by atoms with Crippen molar-refractivity contribution in [3.05, 3.63) is 21.5 Å². The number of allylic oxidation sites excluding steroid dienone is 4. The van der Waals surface area contributed by atoms with E-state index in [-0.39, 0.29) is 24.8 Å². The molecule has 1 aliphatic rings. The molecule has 0 bridgehead atoms. The van der Waals surface area contributed by atoms with E-state index in [2.05, 4.69) is 27.5 Å². The van der Waals surface area contributed by atoms with Gasteiger partial charge in [-0.05, 0) is 0 Å². The molecule has 0 aromatic heterocycles. The van der Waals surface area contributed by atoms with Crippen LogP contribution in [0.5, 0.6) is 0 Å². The van der Waals surface area contributed by atoms with Gasteiger partial charge in [0, 0.05) is 0 Å². The van der Waals surface area contributed by atoms with Crippen LogP contribution < -0.4 is 0 Å². The van der Waals surface area contributed by atoms with Crippen molar-refractivity contribution in [2.45, 2.75) is 15.7 Å². The second kappa shape index (κ2) is 6.64. The molecule has 0 aliphatic heterocycles. The van der Waals surface area contributed by atoms with Crippen LogP contribution in [0.1, 0.15) is 6.42 Å². The van der Waals surface area contributed by atoms with Gasteiger partial charge in [0.15, 0.2) is 0 Å². The number of halogens is 2. The number of hydrogen-bond acceptors (Lipinski definition) is 0. The molecule has 0 aromatic rings. The molecule has 0 saturated carbocycles. The summed E-state index contributed by atoms with van der Waals surface area (Å²) in [6.07, 6.45) is 8.00. The topological polar surface area (TPSA) is 0 Å². The van der Waals surface area contributed by atoms with Crippen molar-refractivity contribution in [2.24, 2.45) is 0 Å². The fourth-order valence-electron chi connectivity index (χ4n) is 0.818. The van der Waals surface area contributed by atoms with Crippen LogP contribution in [0.2, 0.25) is 9.26 Å². The van der Waals surface area contributed by atoms with Crippen LogP contribution in [0.15, 0.2) is 21.5 Å². The molecule has 0 aromatic carbocycles. The van der Waals surface area contributed by atoms with Crippen LogP contribution in [0.4, 0.5) is 0 Å². The first kappa shape index (κ1) is 13.5. The zero-order chi connectivity index (χ0) is 5.98. The van der Waals surface area contributed by atoms with Crippen LogP contribution in [-0.4, -0.2) is 0 Å². The van der Waals surface area contributed by atoms with Gasteiger partial charge >= 0.3 is 58.9 Å². The molecule has 1 aliphatic carbocycles. The van der Waals surface area contributed by atoms with Crippen LogP contribution in [0.25, 0.3) is 0 Å². The molecule has 0 unspecified atom stereocenters. The maximum atomic E-state index is 2.43. The van der Waals surface area contributed by atoms with E-state index in [1.165, 1.54) is 6.42 Å². The third kappa shape index (κ3) is 3.96. The molecule has 3 heteroatoms. The molecular weight excluding hydrogens is 246 g/mol. The van der Waals surface area contributed by atoms with Crippen molar-refractivity contribution < 1.29 is 21.8 Å². The fraction of sp³-hybridized carbons (Fsp3) is 0.429. The second-order valence-electron chi connectivity index (χ2n) is 2.32. The summed E-state index contributed by atoms with van der Waals surface area (Å²) in [7, 11) is 0. The molecule has 0 amide bonds. The zero-order valence-corrected chi connectivity index (χ0v) is 10.3. The second-order valence-corrected chi connectivity index (χ2v) is 8.82. The van der Waals surface area contributed by atoms with E-state index in [1.54, 1.807) is 3.28 Å². The summed E-state index contributed by atoms with van der Waals surface area (Å²) < 4.78 is 6.62. The molecule has 0 atom stereocenters. The average molecular weight is 259 g/mol. The van der Waals surface area contributed by atoms with Crippen LogP contribution in [0.3, 0.4) is 0 Å². The van der Waals surface area contributed by atoms with Gasteiger partial charge in [0.1, 0.15) is 0 Å². The van der Waals surface area contributed by atoms with E-state index >= 15 is 0 Å². The predicted molar refractivity (Wildman–Crippen MR) is 48.1 cm³/mol. The normalized spacial score (nSPS) is 13.2. The minimum atomic E-state index is -0.909. The van der Waals surface area contributed by atoms with Gasteiger partial charge in [-0.1, -0.05) is 0 Å². The molecule has 0 nitrogen and oxygen atoms in total. The Hall–Kier alpha value is 0.943. The molecule has 0 radical (unpaired) electrons. The Labute approximate surface area is 83.3 Å². The van der Waals surface area contributed by atoms with E-state index in [0.29, 0.717) is 0 Å². The summed E-state index contributed by atoms with van der Waals surface area (Å²) in [6, 6.07) is 0. The first-order chi connectivity index (χ1) is 3.80. The standard InChI is InChI=1S/C5H5.2CH3.2ClH.Zr/c1-2-4-5-3-1;;;;;/h1-3H,4H2;2*1H3;2*1H;. The van der Waals surface area contributed by atoms with Crippen molar-refractivity contribution >= 4 is 24.8 Å². The summed E-state index contributed by atoms with van der Waals surface area (Å²) in [6.45, 7) is 0. The van der Waals surface area contributed by atoms with Gasteiger partial charge in [0.05, 0.1) is 0 Å². The molecule has 10 heavy (non-hydrogen) atoms. The number of rotatable bonds is 1. The molecule has 0 heterocycles. The van der Waals surface area contributed by atoms with Gasteiger partial charge in [-0.3, -0.25) is 0 Å². The van der Waals surface area contributed by atoms with E-state index in [9.17, 15) is 0 Å². The van der Waals surface area contributed by atoms with Gasteiger partial charge < -0.3 is 0 Å². The minimum absolute atomic E-state index is 0. The molecule has 59 valence electrons. The van der Waals surface area contributed by atoms with Crippen molar-refractivity contribution in [2.75, 3.05) is 0 Å². The summed E-state index contributed by atoms with van der Waals surface area (Å²) in [5, 5.41) is 0. The molecule has 0 spiro atoms. The summed E-state index contributed by atoms with van der Waals surface area (Å²) in [5.41, 5.74) is 0. The van der Waals surface area contributed by atoms with Gasteiger partial charge in [-0.2, -0.15) is 0 Å². The first-order valence-electron chi connectivity index (χ1n) is 2.97. The molecule has 1 rings (SSSR count). The van der Waals surface area contributed by atoms with E-state index < -0.39 is 21.8 Å². The first-order valence-corrected chi connectivity index (χ1v) is 9.11. The van der Waals surface area contributed by atoms with E-state index in [1.807, 2.05) is 0 Å². The molecule has 0 fully saturated rings. The Morgan fingerprint density at radius 1 is 1.30 bits per heavy atom. The quantitative estimate of drug-likeness (QED) is 0.677. The Kier molecular flexibility index (Phi) is 8.98. The maximum absolute atomic E-state index is 2.43. The Balaban J connectivity index is 0. The van der Waals surface area contributed by atoms with Gasteiger partial charge in [-0.15, -0.1) is 24.8 Å². The van der Waals surface area contributed by atoms with Crippen molar-refractivity contribution in [1.82, 2.24) is 0 Å². The van der Waals surface area contributed by atoms with Gasteiger partial charge in [-0.25, -0.2) is 0 Å². The van der Waals surface area contributed by atoms with E-state index in [4.69, 9.17) is 0 Å². The predicted octanol–water partition coefficient (Wildman–Crippen LogP) is 3.39. The van der Waals surface area contributed by atoms with Crippen molar-refractivity contribution in [3.63, 3.8) is 0 Å². The Morgan fingerprint density at radius 2 is 1.90 bits per heavy atom. The number of hydrogen-bond donors (Lipinski definition) is 0. The average Bonchev–Trinajstić information content (AvgIpc) is 2.12. The molecular formula is C7H13Cl2Zr. The van der Waals surface area contributed by atoms with Gasteiger partial charge in [0.2, 0.25) is 0 Å². The molecule has 0 saturated heterocycles. The third-order valence-electron chi connectivity index (χ3n) is 1.41. The van der Waals surface area contributed by atoms with Crippen LogP contribution in [0, 0.1) is 0 Å². The van der Waals surface area contributed by atoms with Crippen molar-refractivity contribution in [1.29, 1.82) is 0 Å². The fourth-order valence-corrected chi connectivity index (χ4v) is 3.17. The SMILES string of the molecule is Cl.Cl.[CH3][Zr]([CH3])[C]1=CC=CC1. The van der Waals surface area contributed by atoms with E-state index in [0.717, 1.165) is 0 Å². The van der Waals surface area contributed by atoms with Gasteiger partial charge in [0.25, 0.3) is 0 Å². The van der Waals surface area contributed by atoms with Crippen LogP contribution in [-0.2, 0) is 21.8 Å². The summed E-state index contributed by atoms with van der Waals surface area (Å²) >= 11 is -0.909.